The number of anilines is 2. The van der Waals surface area contributed by atoms with Crippen molar-refractivity contribution in [3.8, 4) is 0 Å². The summed E-state index contributed by atoms with van der Waals surface area (Å²) in [5.41, 5.74) is 1.42. The van der Waals surface area contributed by atoms with Crippen molar-refractivity contribution in [3.05, 3.63) is 23.8 Å². The second-order valence-electron chi connectivity index (χ2n) is 5.33. The third kappa shape index (κ3) is 1.85. The van der Waals surface area contributed by atoms with E-state index in [1.807, 2.05) is 11.0 Å². The number of carbonyl (C=O) groups is 2. The zero-order valence-corrected chi connectivity index (χ0v) is 10.7. The molecule has 0 aliphatic carbocycles. The Morgan fingerprint density at radius 1 is 1.47 bits per heavy atom. The number of para-hydroxylation sites is 1. The lowest BCUT2D eigenvalue weighted by Crippen LogP contribution is -2.52. The largest absolute Gasteiger partial charge is 0.478 e. The predicted molar refractivity (Wildman–Crippen MR) is 71.6 cm³/mol. The van der Waals surface area contributed by atoms with Crippen molar-refractivity contribution in [1.29, 1.82) is 0 Å². The van der Waals surface area contributed by atoms with Gasteiger partial charge in [0.05, 0.1) is 16.9 Å². The van der Waals surface area contributed by atoms with Crippen molar-refractivity contribution < 1.29 is 14.7 Å². The summed E-state index contributed by atoms with van der Waals surface area (Å²) in [6.07, 6.45) is 1.85. The van der Waals surface area contributed by atoms with Crippen LogP contribution in [0, 0.1) is 5.92 Å². The molecule has 1 fully saturated rings. The number of carbonyl (C=O) groups excluding carboxylic acids is 1. The van der Waals surface area contributed by atoms with Gasteiger partial charge in [-0.1, -0.05) is 13.0 Å². The Morgan fingerprint density at radius 2 is 2.26 bits per heavy atom. The van der Waals surface area contributed by atoms with Gasteiger partial charge in [-0.15, -0.1) is 0 Å². The summed E-state index contributed by atoms with van der Waals surface area (Å²) < 4.78 is 0. The summed E-state index contributed by atoms with van der Waals surface area (Å²) in [5.74, 6) is -0.579. The van der Waals surface area contributed by atoms with Crippen molar-refractivity contribution >= 4 is 23.3 Å². The molecule has 19 heavy (non-hydrogen) atoms. The maximum Gasteiger partial charge on any atom is 0.337 e. The average Bonchev–Trinajstić information content (AvgIpc) is 2.38. The molecule has 0 radical (unpaired) electrons. The molecule has 2 heterocycles. The Morgan fingerprint density at radius 3 is 3.00 bits per heavy atom. The highest BCUT2D eigenvalue weighted by Gasteiger charge is 2.38. The summed E-state index contributed by atoms with van der Waals surface area (Å²) in [6, 6.07) is 4.97. The summed E-state index contributed by atoms with van der Waals surface area (Å²) >= 11 is 0. The Hall–Kier alpha value is -2.04. The summed E-state index contributed by atoms with van der Waals surface area (Å²) in [6.45, 7) is 2.95. The lowest BCUT2D eigenvalue weighted by molar-refractivity contribution is -0.118. The minimum absolute atomic E-state index is 0.0900. The number of hydrogen-bond donors (Lipinski definition) is 2. The molecule has 3 rings (SSSR count). The monoisotopic (exact) mass is 260 g/mol. The number of rotatable bonds is 1. The Kier molecular flexibility index (Phi) is 2.69. The number of piperidine rings is 1. The molecule has 1 amide bonds. The van der Waals surface area contributed by atoms with E-state index in [-0.39, 0.29) is 17.5 Å². The number of hydrogen-bond acceptors (Lipinski definition) is 3. The van der Waals surface area contributed by atoms with Crippen LogP contribution in [0.2, 0.25) is 0 Å². The van der Waals surface area contributed by atoms with Gasteiger partial charge in [-0.3, -0.25) is 4.79 Å². The van der Waals surface area contributed by atoms with Gasteiger partial charge in [-0.05, 0) is 30.9 Å². The summed E-state index contributed by atoms with van der Waals surface area (Å²) in [7, 11) is 0. The fourth-order valence-corrected chi connectivity index (χ4v) is 2.97. The number of carboxylic acids is 1. The van der Waals surface area contributed by atoms with Gasteiger partial charge in [0.15, 0.2) is 0 Å². The van der Waals surface area contributed by atoms with E-state index in [1.54, 1.807) is 6.07 Å². The molecule has 5 heteroatoms. The van der Waals surface area contributed by atoms with E-state index >= 15 is 0 Å². The standard InChI is InChI=1S/C14H16N2O3/c1-8-5-6-16-10-4-2-3-9(14(18)19)12(10)15-13(17)11(16)7-8/h2-4,8,11H,5-7H2,1H3,(H,15,17)(H,18,19). The molecule has 1 saturated heterocycles. The third-order valence-corrected chi connectivity index (χ3v) is 4.00. The minimum Gasteiger partial charge on any atom is -0.478 e. The first-order chi connectivity index (χ1) is 9.08. The molecule has 1 aromatic rings. The number of benzene rings is 1. The van der Waals surface area contributed by atoms with Crippen LogP contribution in [0.15, 0.2) is 18.2 Å². The SMILES string of the molecule is CC1CCN2c3cccc(C(=O)O)c3NC(=O)C2C1. The first-order valence-corrected chi connectivity index (χ1v) is 6.51. The fourth-order valence-electron chi connectivity index (χ4n) is 2.97. The molecule has 2 N–H and O–H groups in total. The number of fused-ring (bicyclic) bond motifs is 3. The molecule has 0 saturated carbocycles. The molecular weight excluding hydrogens is 244 g/mol. The lowest BCUT2D eigenvalue weighted by Gasteiger charge is -2.43. The van der Waals surface area contributed by atoms with Gasteiger partial charge in [0.2, 0.25) is 5.91 Å². The predicted octanol–water partition coefficient (Wildman–Crippen LogP) is 1.94. The molecule has 2 atom stereocenters. The van der Waals surface area contributed by atoms with Gasteiger partial charge in [0.25, 0.3) is 0 Å². The molecule has 5 nitrogen and oxygen atoms in total. The van der Waals surface area contributed by atoms with E-state index in [0.29, 0.717) is 11.6 Å². The van der Waals surface area contributed by atoms with E-state index in [2.05, 4.69) is 12.2 Å². The first kappa shape index (κ1) is 12.0. The van der Waals surface area contributed by atoms with Crippen LogP contribution < -0.4 is 10.2 Å². The van der Waals surface area contributed by atoms with Crippen molar-refractivity contribution in [2.45, 2.75) is 25.8 Å². The molecule has 2 aliphatic rings. The number of nitrogens with one attached hydrogen (secondary N) is 1. The third-order valence-electron chi connectivity index (χ3n) is 4.00. The van der Waals surface area contributed by atoms with E-state index in [1.165, 1.54) is 6.07 Å². The van der Waals surface area contributed by atoms with Crippen molar-refractivity contribution in [3.63, 3.8) is 0 Å². The fraction of sp³-hybridized carbons (Fsp3) is 0.429. The van der Waals surface area contributed by atoms with Gasteiger partial charge in [0.1, 0.15) is 6.04 Å². The maximum absolute atomic E-state index is 12.2. The first-order valence-electron chi connectivity index (χ1n) is 6.51. The van der Waals surface area contributed by atoms with Crippen LogP contribution in [0.1, 0.15) is 30.1 Å². The maximum atomic E-state index is 12.2. The van der Waals surface area contributed by atoms with Crippen LogP contribution in [0.25, 0.3) is 0 Å². The van der Waals surface area contributed by atoms with Gasteiger partial charge in [-0.25, -0.2) is 4.79 Å². The Labute approximate surface area is 111 Å². The average molecular weight is 260 g/mol. The molecule has 0 aromatic heterocycles. The van der Waals surface area contributed by atoms with Crippen LogP contribution >= 0.6 is 0 Å². The van der Waals surface area contributed by atoms with Gasteiger partial charge in [-0.2, -0.15) is 0 Å². The Bertz CT molecular complexity index is 556. The van der Waals surface area contributed by atoms with Crippen molar-refractivity contribution in [2.75, 3.05) is 16.8 Å². The minimum atomic E-state index is -1.01. The van der Waals surface area contributed by atoms with Crippen LogP contribution in [0.4, 0.5) is 11.4 Å². The zero-order chi connectivity index (χ0) is 13.6. The van der Waals surface area contributed by atoms with Gasteiger partial charge >= 0.3 is 5.97 Å². The molecule has 0 spiro atoms. The molecule has 0 bridgehead atoms. The van der Waals surface area contributed by atoms with E-state index in [9.17, 15) is 14.7 Å². The zero-order valence-electron chi connectivity index (χ0n) is 10.7. The number of nitrogens with zero attached hydrogens (tertiary/aromatic N) is 1. The smallest absolute Gasteiger partial charge is 0.337 e. The van der Waals surface area contributed by atoms with E-state index in [0.717, 1.165) is 25.1 Å². The number of carboxylic acid groups (broad SMARTS) is 1. The molecule has 1 aromatic carbocycles. The molecule has 100 valence electrons. The Balaban J connectivity index is 2.08. The van der Waals surface area contributed by atoms with Crippen molar-refractivity contribution in [2.24, 2.45) is 5.92 Å². The summed E-state index contributed by atoms with van der Waals surface area (Å²) in [5, 5.41) is 12.0. The van der Waals surface area contributed by atoms with Gasteiger partial charge in [0, 0.05) is 6.54 Å². The molecular formula is C14H16N2O3. The normalized spacial score (nSPS) is 25.3. The number of amides is 1. The molecule has 2 aliphatic heterocycles. The van der Waals surface area contributed by atoms with Crippen LogP contribution in [-0.2, 0) is 4.79 Å². The second-order valence-corrected chi connectivity index (χ2v) is 5.33. The van der Waals surface area contributed by atoms with Crippen LogP contribution in [0.3, 0.4) is 0 Å². The second kappa shape index (κ2) is 4.26. The highest BCUT2D eigenvalue weighted by molar-refractivity contribution is 6.09. The highest BCUT2D eigenvalue weighted by atomic mass is 16.4. The van der Waals surface area contributed by atoms with Crippen LogP contribution in [0.5, 0.6) is 0 Å². The van der Waals surface area contributed by atoms with Crippen LogP contribution in [-0.4, -0.2) is 29.6 Å². The topological polar surface area (TPSA) is 69.6 Å². The van der Waals surface area contributed by atoms with Crippen molar-refractivity contribution in [1.82, 2.24) is 0 Å². The van der Waals surface area contributed by atoms with E-state index in [4.69, 9.17) is 0 Å². The number of aromatic carboxylic acids is 1. The molecule has 2 unspecified atom stereocenters. The highest BCUT2D eigenvalue weighted by Crippen LogP contribution is 2.39. The van der Waals surface area contributed by atoms with Gasteiger partial charge < -0.3 is 15.3 Å². The lowest BCUT2D eigenvalue weighted by atomic mass is 9.89. The van der Waals surface area contributed by atoms with E-state index < -0.39 is 5.97 Å². The summed E-state index contributed by atoms with van der Waals surface area (Å²) in [4.78, 5) is 25.4. The quantitative estimate of drug-likeness (QED) is 0.809.